The number of hydrogen-bond donors (Lipinski definition) is 0. The highest BCUT2D eigenvalue weighted by Crippen LogP contribution is 2.04. The summed E-state index contributed by atoms with van der Waals surface area (Å²) in [6, 6.07) is 0.864. The number of rotatable bonds is 5. The Morgan fingerprint density at radius 2 is 2.08 bits per heavy atom. The van der Waals surface area contributed by atoms with E-state index in [9.17, 15) is 4.79 Å². The van der Waals surface area contributed by atoms with Crippen molar-refractivity contribution in [2.45, 2.75) is 46.3 Å². The maximum atomic E-state index is 10.6. The molecule has 0 aromatic heterocycles. The number of carbonyl (C=O) groups is 1. The molecule has 0 N–H and O–H groups in total. The molecule has 0 aliphatic heterocycles. The lowest BCUT2D eigenvalue weighted by molar-refractivity contribution is -0.133. The summed E-state index contributed by atoms with van der Waals surface area (Å²) in [6.07, 6.45) is 1.14. The van der Waals surface area contributed by atoms with Crippen molar-refractivity contribution in [2.75, 3.05) is 0 Å². The molecule has 0 atom stereocenters. The Bertz CT molecular complexity index is 136. The SMILES string of the molecule is CCC[Si](OC(C)=O)OC(C)C. The first-order chi connectivity index (χ1) is 5.56. The fourth-order valence-corrected chi connectivity index (χ4v) is 2.28. The summed E-state index contributed by atoms with van der Waals surface area (Å²) in [5, 5.41) is 0. The van der Waals surface area contributed by atoms with Crippen molar-refractivity contribution in [3.8, 4) is 0 Å². The summed E-state index contributed by atoms with van der Waals surface area (Å²) in [5.41, 5.74) is 0. The predicted octanol–water partition coefficient (Wildman–Crippen LogP) is 1.87. The van der Waals surface area contributed by atoms with E-state index in [2.05, 4.69) is 6.92 Å². The molecular weight excluding hydrogens is 172 g/mol. The Morgan fingerprint density at radius 1 is 1.50 bits per heavy atom. The summed E-state index contributed by atoms with van der Waals surface area (Å²) in [5.74, 6) is -0.238. The van der Waals surface area contributed by atoms with Gasteiger partial charge in [0.25, 0.3) is 5.97 Å². The van der Waals surface area contributed by atoms with Gasteiger partial charge in [0, 0.05) is 19.1 Å². The van der Waals surface area contributed by atoms with Gasteiger partial charge in [0.05, 0.1) is 0 Å². The molecule has 0 aromatic carbocycles. The van der Waals surface area contributed by atoms with Crippen molar-refractivity contribution in [3.05, 3.63) is 0 Å². The van der Waals surface area contributed by atoms with Gasteiger partial charge in [-0.25, -0.2) is 0 Å². The Kier molecular flexibility index (Phi) is 6.01. The molecule has 0 amide bonds. The van der Waals surface area contributed by atoms with Crippen molar-refractivity contribution >= 4 is 15.3 Å². The first-order valence-electron chi connectivity index (χ1n) is 4.27. The molecule has 71 valence electrons. The molecule has 0 aliphatic rings. The van der Waals surface area contributed by atoms with Crippen LogP contribution in [-0.2, 0) is 13.6 Å². The van der Waals surface area contributed by atoms with Gasteiger partial charge < -0.3 is 8.85 Å². The molecule has 0 fully saturated rings. The second-order valence-corrected chi connectivity index (χ2v) is 4.57. The van der Waals surface area contributed by atoms with Crippen LogP contribution in [0, 0.1) is 0 Å². The van der Waals surface area contributed by atoms with Crippen LogP contribution in [0.15, 0.2) is 0 Å². The molecule has 0 saturated heterocycles. The Morgan fingerprint density at radius 3 is 2.42 bits per heavy atom. The molecule has 0 unspecified atom stereocenters. The Hall–Kier alpha value is -0.353. The lowest BCUT2D eigenvalue weighted by Crippen LogP contribution is -2.28. The van der Waals surface area contributed by atoms with E-state index >= 15 is 0 Å². The van der Waals surface area contributed by atoms with Crippen molar-refractivity contribution < 1.29 is 13.6 Å². The van der Waals surface area contributed by atoms with Crippen LogP contribution in [0.25, 0.3) is 0 Å². The number of carbonyl (C=O) groups excluding carboxylic acids is 1. The van der Waals surface area contributed by atoms with E-state index in [1.807, 2.05) is 13.8 Å². The highest BCUT2D eigenvalue weighted by molar-refractivity contribution is 6.46. The highest BCUT2D eigenvalue weighted by atomic mass is 28.3. The molecular formula is C8H17O3Si. The van der Waals surface area contributed by atoms with Gasteiger partial charge in [0.15, 0.2) is 0 Å². The van der Waals surface area contributed by atoms with E-state index in [4.69, 9.17) is 8.85 Å². The highest BCUT2D eigenvalue weighted by Gasteiger charge is 2.19. The normalized spacial score (nSPS) is 10.8. The molecule has 0 rings (SSSR count). The summed E-state index contributed by atoms with van der Waals surface area (Å²) in [4.78, 5) is 10.6. The zero-order valence-corrected chi connectivity index (χ0v) is 9.22. The smallest absolute Gasteiger partial charge is 0.460 e. The van der Waals surface area contributed by atoms with E-state index < -0.39 is 9.28 Å². The van der Waals surface area contributed by atoms with Gasteiger partial charge in [0.1, 0.15) is 0 Å². The van der Waals surface area contributed by atoms with Crippen LogP contribution in [0.4, 0.5) is 0 Å². The van der Waals surface area contributed by atoms with Crippen molar-refractivity contribution in [2.24, 2.45) is 0 Å². The zero-order chi connectivity index (χ0) is 9.56. The minimum absolute atomic E-state index is 0.143. The van der Waals surface area contributed by atoms with E-state index in [0.29, 0.717) is 0 Å². The van der Waals surface area contributed by atoms with Gasteiger partial charge in [-0.2, -0.15) is 0 Å². The van der Waals surface area contributed by atoms with Crippen LogP contribution in [0.2, 0.25) is 6.04 Å². The van der Waals surface area contributed by atoms with Crippen LogP contribution in [-0.4, -0.2) is 21.4 Å². The van der Waals surface area contributed by atoms with Crippen LogP contribution in [0.5, 0.6) is 0 Å². The lowest BCUT2D eigenvalue weighted by atomic mass is 10.5. The van der Waals surface area contributed by atoms with E-state index in [1.165, 1.54) is 6.92 Å². The maximum Gasteiger partial charge on any atom is 0.460 e. The third-order valence-electron chi connectivity index (χ3n) is 1.08. The maximum absolute atomic E-state index is 10.6. The minimum atomic E-state index is -1.34. The first-order valence-corrected chi connectivity index (χ1v) is 5.79. The molecule has 0 spiro atoms. The summed E-state index contributed by atoms with van der Waals surface area (Å²) in [6.45, 7) is 7.37. The Labute approximate surface area is 75.9 Å². The lowest BCUT2D eigenvalue weighted by Gasteiger charge is -2.15. The van der Waals surface area contributed by atoms with Gasteiger partial charge in [0.2, 0.25) is 0 Å². The molecule has 0 heterocycles. The van der Waals surface area contributed by atoms with E-state index in [1.54, 1.807) is 0 Å². The molecule has 0 bridgehead atoms. The molecule has 0 aromatic rings. The molecule has 1 radical (unpaired) electrons. The van der Waals surface area contributed by atoms with Crippen molar-refractivity contribution in [3.63, 3.8) is 0 Å². The van der Waals surface area contributed by atoms with Crippen LogP contribution in [0.3, 0.4) is 0 Å². The van der Waals surface area contributed by atoms with Gasteiger partial charge in [-0.15, -0.1) is 0 Å². The van der Waals surface area contributed by atoms with Gasteiger partial charge in [-0.1, -0.05) is 13.3 Å². The van der Waals surface area contributed by atoms with E-state index in [-0.39, 0.29) is 12.1 Å². The second kappa shape index (κ2) is 6.19. The van der Waals surface area contributed by atoms with Crippen molar-refractivity contribution in [1.29, 1.82) is 0 Å². The third kappa shape index (κ3) is 6.36. The largest absolute Gasteiger partial charge is 0.492 e. The topological polar surface area (TPSA) is 35.5 Å². The average Bonchev–Trinajstić information content (AvgIpc) is 1.84. The third-order valence-corrected chi connectivity index (χ3v) is 3.24. The van der Waals surface area contributed by atoms with Crippen LogP contribution < -0.4 is 0 Å². The molecule has 3 nitrogen and oxygen atoms in total. The minimum Gasteiger partial charge on any atom is -0.492 e. The first kappa shape index (κ1) is 11.6. The van der Waals surface area contributed by atoms with Gasteiger partial charge >= 0.3 is 9.28 Å². The van der Waals surface area contributed by atoms with Crippen LogP contribution >= 0.6 is 0 Å². The number of hydrogen-bond acceptors (Lipinski definition) is 3. The quantitative estimate of drug-likeness (QED) is 0.619. The molecule has 4 heteroatoms. The fraction of sp³-hybridized carbons (Fsp3) is 0.875. The second-order valence-electron chi connectivity index (χ2n) is 2.88. The Balaban J connectivity index is 3.77. The molecule has 0 aliphatic carbocycles. The van der Waals surface area contributed by atoms with Crippen LogP contribution in [0.1, 0.15) is 34.1 Å². The van der Waals surface area contributed by atoms with Crippen molar-refractivity contribution in [1.82, 2.24) is 0 Å². The zero-order valence-electron chi connectivity index (χ0n) is 8.22. The monoisotopic (exact) mass is 189 g/mol. The summed E-state index contributed by atoms with van der Waals surface area (Å²) >= 11 is 0. The summed E-state index contributed by atoms with van der Waals surface area (Å²) < 4.78 is 10.5. The summed E-state index contributed by atoms with van der Waals surface area (Å²) in [7, 11) is -1.34. The average molecular weight is 189 g/mol. The van der Waals surface area contributed by atoms with Gasteiger partial charge in [-0.3, -0.25) is 4.79 Å². The van der Waals surface area contributed by atoms with Gasteiger partial charge in [-0.05, 0) is 13.8 Å². The fourth-order valence-electron chi connectivity index (χ4n) is 0.761. The predicted molar refractivity (Wildman–Crippen MR) is 48.8 cm³/mol. The molecule has 12 heavy (non-hydrogen) atoms. The van der Waals surface area contributed by atoms with E-state index in [0.717, 1.165) is 12.5 Å². The standard InChI is InChI=1S/C8H17O3Si/c1-5-6-12(10-7(2)3)11-8(4)9/h7H,5-6H2,1-4H3. The molecule has 0 saturated carbocycles.